The Kier molecular flexibility index (Phi) is 10.2. The molecule has 4 heteroatoms. The molecule has 2 nitrogen and oxygen atoms in total. The van der Waals surface area contributed by atoms with Crippen molar-refractivity contribution in [3.05, 3.63) is 48.5 Å². The van der Waals surface area contributed by atoms with Gasteiger partial charge in [-0.15, -0.1) is 0 Å². The highest BCUT2D eigenvalue weighted by Gasteiger charge is 2.47. The summed E-state index contributed by atoms with van der Waals surface area (Å²) >= 11 is 0. The summed E-state index contributed by atoms with van der Waals surface area (Å²) in [6.07, 6.45) is 4.22. The van der Waals surface area contributed by atoms with Crippen molar-refractivity contribution < 1.29 is 9.47 Å². The van der Waals surface area contributed by atoms with Crippen LogP contribution in [0.15, 0.2) is 48.5 Å². The smallest absolute Gasteiger partial charge is 0.127 e. The lowest BCUT2D eigenvalue weighted by Gasteiger charge is -2.49. The Morgan fingerprint density at radius 3 is 1.51 bits per heavy atom. The van der Waals surface area contributed by atoms with Crippen LogP contribution in [0.25, 0.3) is 0 Å². The fraction of sp³-hybridized carbons (Fsp3) is 0.636. The summed E-state index contributed by atoms with van der Waals surface area (Å²) in [5, 5.41) is 3.40. The molecule has 0 bridgehead atoms. The third-order valence-electron chi connectivity index (χ3n) is 7.31. The van der Waals surface area contributed by atoms with Crippen molar-refractivity contribution in [3.8, 4) is 11.5 Å². The zero-order valence-electron chi connectivity index (χ0n) is 25.3. The van der Waals surface area contributed by atoms with E-state index in [2.05, 4.69) is 125 Å². The van der Waals surface area contributed by atoms with Crippen LogP contribution in [0.2, 0.25) is 0 Å². The maximum absolute atomic E-state index is 6.46. The number of para-hydroxylation sites is 2. The molecule has 206 valence electrons. The lowest BCUT2D eigenvalue weighted by Crippen LogP contribution is -2.37. The lowest BCUT2D eigenvalue weighted by atomic mass is 10.0. The van der Waals surface area contributed by atoms with Crippen molar-refractivity contribution in [2.45, 2.75) is 129 Å². The lowest BCUT2D eigenvalue weighted by molar-refractivity contribution is 0.244. The van der Waals surface area contributed by atoms with Gasteiger partial charge in [0.15, 0.2) is 0 Å². The standard InChI is InChI=1S/C33H52O2P2/c1-23(2)34-27-18-12-14-20-30(27)36(31-21-15-13-19-28(31)35-24(3)4)29-22-16-17-26(29)25(5)37(32(6,7)8)33(9,10)11/h12-15,18-21,23-26,29H,16-17,22H2,1-11H3/t25-,26?,29?/m1/s1. The van der Waals surface area contributed by atoms with Crippen LogP contribution in [-0.4, -0.2) is 33.8 Å². The number of rotatable bonds is 9. The van der Waals surface area contributed by atoms with Gasteiger partial charge in [-0.2, -0.15) is 0 Å². The quantitative estimate of drug-likeness (QED) is 0.294. The molecule has 3 rings (SSSR count). The highest BCUT2D eigenvalue weighted by atomic mass is 31.1. The molecule has 0 heterocycles. The van der Waals surface area contributed by atoms with Gasteiger partial charge in [0.1, 0.15) is 11.5 Å². The first-order chi connectivity index (χ1) is 17.2. The Labute approximate surface area is 230 Å². The zero-order chi connectivity index (χ0) is 27.5. The SMILES string of the molecule is CC(C)Oc1ccccc1P(c1ccccc1OC(C)C)C1CCCC1[C@@H](C)P(C(C)(C)C)C(C)(C)C. The second-order valence-corrected chi connectivity index (χ2v) is 19.9. The molecule has 37 heavy (non-hydrogen) atoms. The van der Waals surface area contributed by atoms with Gasteiger partial charge in [0, 0.05) is 10.6 Å². The Hall–Kier alpha value is -1.10. The highest BCUT2D eigenvalue weighted by Crippen LogP contribution is 2.67. The van der Waals surface area contributed by atoms with Crippen LogP contribution in [0.4, 0.5) is 0 Å². The Bertz CT molecular complexity index is 934. The van der Waals surface area contributed by atoms with Gasteiger partial charge in [-0.25, -0.2) is 0 Å². The van der Waals surface area contributed by atoms with Crippen molar-refractivity contribution in [1.29, 1.82) is 0 Å². The molecular weight excluding hydrogens is 490 g/mol. The summed E-state index contributed by atoms with van der Waals surface area (Å²) in [6, 6.07) is 17.7. The third-order valence-corrected chi connectivity index (χ3v) is 14.5. The van der Waals surface area contributed by atoms with E-state index in [9.17, 15) is 0 Å². The van der Waals surface area contributed by atoms with Crippen LogP contribution in [0, 0.1) is 5.92 Å². The minimum Gasteiger partial charge on any atom is -0.490 e. The minimum absolute atomic E-state index is 0.146. The number of hydrogen-bond acceptors (Lipinski definition) is 2. The van der Waals surface area contributed by atoms with Crippen molar-refractivity contribution in [1.82, 2.24) is 0 Å². The number of hydrogen-bond donors (Lipinski definition) is 0. The van der Waals surface area contributed by atoms with Gasteiger partial charge in [-0.1, -0.05) is 99.2 Å². The molecule has 0 aliphatic heterocycles. The number of ether oxygens (including phenoxy) is 2. The molecule has 1 saturated carbocycles. The average molecular weight is 543 g/mol. The van der Waals surface area contributed by atoms with Gasteiger partial charge in [-0.3, -0.25) is 0 Å². The molecule has 1 fully saturated rings. The van der Waals surface area contributed by atoms with Crippen molar-refractivity contribution in [2.24, 2.45) is 5.92 Å². The first kappa shape index (κ1) is 30.4. The van der Waals surface area contributed by atoms with Crippen molar-refractivity contribution in [2.75, 3.05) is 0 Å². The van der Waals surface area contributed by atoms with Gasteiger partial charge >= 0.3 is 0 Å². The zero-order valence-corrected chi connectivity index (χ0v) is 27.1. The predicted molar refractivity (Wildman–Crippen MR) is 168 cm³/mol. The summed E-state index contributed by atoms with van der Waals surface area (Å²) < 4.78 is 12.9. The molecule has 1 aliphatic rings. The molecule has 0 amide bonds. The van der Waals surface area contributed by atoms with Crippen LogP contribution in [0.3, 0.4) is 0 Å². The van der Waals surface area contributed by atoms with Crippen LogP contribution >= 0.6 is 15.8 Å². The van der Waals surface area contributed by atoms with E-state index in [0.717, 1.165) is 11.5 Å². The molecule has 0 radical (unpaired) electrons. The average Bonchev–Trinajstić information content (AvgIpc) is 3.23. The van der Waals surface area contributed by atoms with E-state index in [1.165, 1.54) is 29.9 Å². The van der Waals surface area contributed by atoms with E-state index < -0.39 is 7.92 Å². The maximum atomic E-state index is 6.46. The summed E-state index contributed by atoms with van der Waals surface area (Å²) in [4.78, 5) is 0. The van der Waals surface area contributed by atoms with E-state index in [4.69, 9.17) is 9.47 Å². The van der Waals surface area contributed by atoms with E-state index in [-0.39, 0.29) is 20.1 Å². The molecule has 2 aromatic rings. The minimum atomic E-state index is -0.663. The van der Waals surface area contributed by atoms with Crippen LogP contribution < -0.4 is 20.1 Å². The van der Waals surface area contributed by atoms with E-state index in [1.807, 2.05) is 0 Å². The fourth-order valence-corrected chi connectivity index (χ4v) is 15.5. The fourth-order valence-electron chi connectivity index (χ4n) is 6.78. The molecule has 0 spiro atoms. The van der Waals surface area contributed by atoms with Crippen LogP contribution in [-0.2, 0) is 0 Å². The van der Waals surface area contributed by atoms with Gasteiger partial charge in [0.2, 0.25) is 0 Å². The molecule has 2 aromatic carbocycles. The Balaban J connectivity index is 2.18. The summed E-state index contributed by atoms with van der Waals surface area (Å²) in [5.74, 6) is 2.81. The first-order valence-corrected chi connectivity index (χ1v) is 17.1. The summed E-state index contributed by atoms with van der Waals surface area (Å²) in [7, 11) is -0.862. The van der Waals surface area contributed by atoms with Gasteiger partial charge in [0.05, 0.1) is 12.2 Å². The normalized spacial score (nSPS) is 19.8. The molecule has 0 N–H and O–H groups in total. The largest absolute Gasteiger partial charge is 0.490 e. The predicted octanol–water partition coefficient (Wildman–Crippen LogP) is 9.33. The monoisotopic (exact) mass is 542 g/mol. The Morgan fingerprint density at radius 2 is 1.11 bits per heavy atom. The van der Waals surface area contributed by atoms with Crippen LogP contribution in [0.1, 0.15) is 95.4 Å². The second kappa shape index (κ2) is 12.4. The van der Waals surface area contributed by atoms with Gasteiger partial charge in [-0.05, 0) is 88.1 Å². The Morgan fingerprint density at radius 1 is 0.676 bits per heavy atom. The van der Waals surface area contributed by atoms with Crippen LogP contribution in [0.5, 0.6) is 11.5 Å². The maximum Gasteiger partial charge on any atom is 0.127 e. The summed E-state index contributed by atoms with van der Waals surface area (Å²) in [5.41, 5.74) is 1.32. The molecule has 3 atom stereocenters. The van der Waals surface area contributed by atoms with E-state index in [0.29, 0.717) is 27.5 Å². The molecule has 1 aliphatic carbocycles. The number of benzene rings is 2. The van der Waals surface area contributed by atoms with E-state index in [1.54, 1.807) is 0 Å². The van der Waals surface area contributed by atoms with Crippen molar-refractivity contribution >= 4 is 26.5 Å². The molecule has 2 unspecified atom stereocenters. The third kappa shape index (κ3) is 7.51. The van der Waals surface area contributed by atoms with Gasteiger partial charge < -0.3 is 9.47 Å². The molecule has 0 aromatic heterocycles. The summed E-state index contributed by atoms with van der Waals surface area (Å²) in [6.45, 7) is 26.0. The van der Waals surface area contributed by atoms with Crippen molar-refractivity contribution in [3.63, 3.8) is 0 Å². The van der Waals surface area contributed by atoms with E-state index >= 15 is 0 Å². The topological polar surface area (TPSA) is 18.5 Å². The first-order valence-electron chi connectivity index (χ1n) is 14.3. The molecular formula is C33H52O2P2. The molecule has 0 saturated heterocycles. The highest BCUT2D eigenvalue weighted by molar-refractivity contribution is 7.74. The van der Waals surface area contributed by atoms with Gasteiger partial charge in [0.25, 0.3) is 0 Å². The second-order valence-electron chi connectivity index (χ2n) is 13.3.